The first-order valence-corrected chi connectivity index (χ1v) is 5.61. The first-order valence-electron chi connectivity index (χ1n) is 5.61. The van der Waals surface area contributed by atoms with Crippen LogP contribution in [0.1, 0.15) is 33.6 Å². The van der Waals surface area contributed by atoms with Crippen molar-refractivity contribution in [3.05, 3.63) is 30.3 Å². The summed E-state index contributed by atoms with van der Waals surface area (Å²) in [5.41, 5.74) is 1.35. The van der Waals surface area contributed by atoms with Crippen LogP contribution in [-0.4, -0.2) is 12.6 Å². The van der Waals surface area contributed by atoms with Crippen molar-refractivity contribution in [2.75, 3.05) is 11.4 Å². The molecule has 0 spiro atoms. The van der Waals surface area contributed by atoms with Crippen LogP contribution < -0.4 is 4.90 Å². The minimum Gasteiger partial charge on any atom is -0.369 e. The maximum atomic E-state index is 2.49. The van der Waals surface area contributed by atoms with Gasteiger partial charge in [0.25, 0.3) is 0 Å². The molecule has 78 valence electrons. The van der Waals surface area contributed by atoms with Gasteiger partial charge in [0.2, 0.25) is 0 Å². The third-order valence-corrected chi connectivity index (χ3v) is 2.68. The maximum Gasteiger partial charge on any atom is 0.0368 e. The van der Waals surface area contributed by atoms with Crippen LogP contribution in [0.4, 0.5) is 5.69 Å². The summed E-state index contributed by atoms with van der Waals surface area (Å²) in [6.45, 7) is 7.93. The highest BCUT2D eigenvalue weighted by Crippen LogP contribution is 2.18. The van der Waals surface area contributed by atoms with E-state index in [-0.39, 0.29) is 0 Å². The van der Waals surface area contributed by atoms with Crippen LogP contribution in [0.25, 0.3) is 0 Å². The number of hydrogen-bond acceptors (Lipinski definition) is 1. The van der Waals surface area contributed by atoms with E-state index >= 15 is 0 Å². The third kappa shape index (κ3) is 2.76. The minimum atomic E-state index is 0.636. The van der Waals surface area contributed by atoms with E-state index in [1.54, 1.807) is 0 Å². The molecule has 0 unspecified atom stereocenters. The van der Waals surface area contributed by atoms with Crippen molar-refractivity contribution in [2.45, 2.75) is 39.7 Å². The van der Waals surface area contributed by atoms with Gasteiger partial charge < -0.3 is 4.90 Å². The molecule has 0 N–H and O–H groups in total. The lowest BCUT2D eigenvalue weighted by Gasteiger charge is -2.30. The molecule has 1 aromatic carbocycles. The Kier molecular flexibility index (Phi) is 4.51. The van der Waals surface area contributed by atoms with Gasteiger partial charge in [0.05, 0.1) is 0 Å². The number of benzene rings is 1. The lowest BCUT2D eigenvalue weighted by Crippen LogP contribution is -2.33. The van der Waals surface area contributed by atoms with E-state index in [0.29, 0.717) is 6.04 Å². The number of nitrogens with zero attached hydrogens (tertiary/aromatic N) is 1. The van der Waals surface area contributed by atoms with Gasteiger partial charge in [-0.15, -0.1) is 0 Å². The molecule has 0 amide bonds. The summed E-state index contributed by atoms with van der Waals surface area (Å²) in [5.74, 6) is 0. The molecule has 1 rings (SSSR count). The summed E-state index contributed by atoms with van der Waals surface area (Å²) in [6.07, 6.45) is 2.41. The molecular weight excluding hydrogens is 170 g/mol. The SMILES string of the molecule is CCCN(c1ccccc1)[C@@H](C)CC. The molecule has 0 bridgehead atoms. The topological polar surface area (TPSA) is 3.24 Å². The zero-order valence-electron chi connectivity index (χ0n) is 9.53. The summed E-state index contributed by atoms with van der Waals surface area (Å²) in [4.78, 5) is 2.49. The van der Waals surface area contributed by atoms with Gasteiger partial charge in [0.15, 0.2) is 0 Å². The van der Waals surface area contributed by atoms with Gasteiger partial charge in [-0.1, -0.05) is 32.0 Å². The van der Waals surface area contributed by atoms with Crippen molar-refractivity contribution in [1.29, 1.82) is 0 Å². The van der Waals surface area contributed by atoms with E-state index in [2.05, 4.69) is 56.0 Å². The summed E-state index contributed by atoms with van der Waals surface area (Å²) in [6, 6.07) is 11.3. The van der Waals surface area contributed by atoms with Gasteiger partial charge in [0.1, 0.15) is 0 Å². The van der Waals surface area contributed by atoms with Crippen LogP contribution in [0.15, 0.2) is 30.3 Å². The van der Waals surface area contributed by atoms with E-state index in [9.17, 15) is 0 Å². The van der Waals surface area contributed by atoms with E-state index in [1.165, 1.54) is 18.5 Å². The van der Waals surface area contributed by atoms with Crippen LogP contribution in [0.3, 0.4) is 0 Å². The Balaban J connectivity index is 2.77. The molecule has 0 radical (unpaired) electrons. The average Bonchev–Trinajstić information content (AvgIpc) is 2.26. The van der Waals surface area contributed by atoms with Gasteiger partial charge in [0, 0.05) is 18.3 Å². The average molecular weight is 191 g/mol. The third-order valence-electron chi connectivity index (χ3n) is 2.68. The molecule has 0 fully saturated rings. The fourth-order valence-corrected chi connectivity index (χ4v) is 1.68. The summed E-state index contributed by atoms with van der Waals surface area (Å²) >= 11 is 0. The van der Waals surface area contributed by atoms with Crippen LogP contribution in [0.2, 0.25) is 0 Å². The smallest absolute Gasteiger partial charge is 0.0368 e. The number of para-hydroxylation sites is 1. The predicted molar refractivity (Wildman–Crippen MR) is 63.8 cm³/mol. The normalized spacial score (nSPS) is 12.5. The Labute approximate surface area is 87.7 Å². The second-order valence-electron chi connectivity index (χ2n) is 3.79. The molecule has 0 aliphatic carbocycles. The van der Waals surface area contributed by atoms with E-state index in [1.807, 2.05) is 0 Å². The zero-order chi connectivity index (χ0) is 10.4. The number of hydrogen-bond donors (Lipinski definition) is 0. The monoisotopic (exact) mass is 191 g/mol. The van der Waals surface area contributed by atoms with E-state index in [0.717, 1.165) is 6.54 Å². The molecule has 0 aromatic heterocycles. The highest BCUT2D eigenvalue weighted by atomic mass is 15.1. The Hall–Kier alpha value is -0.980. The number of anilines is 1. The van der Waals surface area contributed by atoms with Gasteiger partial charge >= 0.3 is 0 Å². The summed E-state index contributed by atoms with van der Waals surface area (Å²) in [5, 5.41) is 0. The van der Waals surface area contributed by atoms with Crippen molar-refractivity contribution >= 4 is 5.69 Å². The highest BCUT2D eigenvalue weighted by Gasteiger charge is 2.10. The maximum absolute atomic E-state index is 2.49. The largest absolute Gasteiger partial charge is 0.369 e. The lowest BCUT2D eigenvalue weighted by atomic mass is 10.1. The van der Waals surface area contributed by atoms with E-state index < -0.39 is 0 Å². The highest BCUT2D eigenvalue weighted by molar-refractivity contribution is 5.46. The molecule has 0 heterocycles. The molecule has 0 aliphatic heterocycles. The molecule has 0 aliphatic rings. The Morgan fingerprint density at radius 3 is 2.29 bits per heavy atom. The standard InChI is InChI=1S/C13H21N/c1-4-11-14(12(3)5-2)13-9-7-6-8-10-13/h6-10,12H,4-5,11H2,1-3H3/t12-/m0/s1. The minimum absolute atomic E-state index is 0.636. The van der Waals surface area contributed by atoms with Crippen molar-refractivity contribution in [3.63, 3.8) is 0 Å². The zero-order valence-corrected chi connectivity index (χ0v) is 9.53. The molecule has 1 atom stereocenters. The summed E-state index contributed by atoms with van der Waals surface area (Å²) < 4.78 is 0. The fraction of sp³-hybridized carbons (Fsp3) is 0.538. The van der Waals surface area contributed by atoms with Crippen molar-refractivity contribution < 1.29 is 0 Å². The lowest BCUT2D eigenvalue weighted by molar-refractivity contribution is 0.610. The number of rotatable bonds is 5. The fourth-order valence-electron chi connectivity index (χ4n) is 1.68. The quantitative estimate of drug-likeness (QED) is 0.686. The van der Waals surface area contributed by atoms with Gasteiger partial charge in [-0.2, -0.15) is 0 Å². The van der Waals surface area contributed by atoms with Crippen LogP contribution >= 0.6 is 0 Å². The molecule has 0 saturated heterocycles. The van der Waals surface area contributed by atoms with Gasteiger partial charge in [-0.05, 0) is 31.9 Å². The molecular formula is C13H21N. The van der Waals surface area contributed by atoms with Crippen molar-refractivity contribution in [1.82, 2.24) is 0 Å². The van der Waals surface area contributed by atoms with Crippen LogP contribution in [0.5, 0.6) is 0 Å². The first kappa shape index (κ1) is 11.1. The first-order chi connectivity index (χ1) is 6.79. The molecule has 1 heteroatoms. The van der Waals surface area contributed by atoms with Gasteiger partial charge in [-0.3, -0.25) is 0 Å². The van der Waals surface area contributed by atoms with Gasteiger partial charge in [-0.25, -0.2) is 0 Å². The van der Waals surface area contributed by atoms with Crippen molar-refractivity contribution in [2.24, 2.45) is 0 Å². The second kappa shape index (κ2) is 5.69. The van der Waals surface area contributed by atoms with Crippen LogP contribution in [0, 0.1) is 0 Å². The molecule has 14 heavy (non-hydrogen) atoms. The van der Waals surface area contributed by atoms with E-state index in [4.69, 9.17) is 0 Å². The summed E-state index contributed by atoms with van der Waals surface area (Å²) in [7, 11) is 0. The molecule has 0 saturated carbocycles. The van der Waals surface area contributed by atoms with Crippen LogP contribution in [-0.2, 0) is 0 Å². The second-order valence-corrected chi connectivity index (χ2v) is 3.79. The molecule has 1 aromatic rings. The Morgan fingerprint density at radius 2 is 1.79 bits per heavy atom. The Morgan fingerprint density at radius 1 is 1.14 bits per heavy atom. The van der Waals surface area contributed by atoms with Crippen molar-refractivity contribution in [3.8, 4) is 0 Å². The molecule has 1 nitrogen and oxygen atoms in total. The predicted octanol–water partition coefficient (Wildman–Crippen LogP) is 3.70. The Bertz CT molecular complexity index is 243.